The van der Waals surface area contributed by atoms with Crippen LogP contribution in [0.3, 0.4) is 0 Å². The first-order chi connectivity index (χ1) is 17.4. The van der Waals surface area contributed by atoms with E-state index in [9.17, 15) is 9.59 Å². The molecule has 3 fully saturated rings. The van der Waals surface area contributed by atoms with Gasteiger partial charge >= 0.3 is 5.97 Å². The van der Waals surface area contributed by atoms with Crippen molar-refractivity contribution < 1.29 is 33.3 Å². The minimum Gasteiger partial charge on any atom is -0.504 e. The Kier molecular flexibility index (Phi) is 6.38. The molecule has 0 bridgehead atoms. The summed E-state index contributed by atoms with van der Waals surface area (Å²) in [5, 5.41) is 3.60. The van der Waals surface area contributed by atoms with Crippen LogP contribution >= 0.6 is 0 Å². The van der Waals surface area contributed by atoms with E-state index in [2.05, 4.69) is 17.1 Å². The van der Waals surface area contributed by atoms with Crippen molar-refractivity contribution in [3.8, 4) is 5.75 Å². The number of nitrogens with zero attached hydrogens (tertiary/aromatic N) is 1. The van der Waals surface area contributed by atoms with Gasteiger partial charge in [0.2, 0.25) is 0 Å². The number of primary amides is 1. The predicted molar refractivity (Wildman–Crippen MR) is 130 cm³/mol. The Bertz CT molecular complexity index is 1090. The fourth-order valence-corrected chi connectivity index (χ4v) is 6.98. The van der Waals surface area contributed by atoms with Crippen molar-refractivity contribution in [1.82, 2.24) is 4.90 Å². The van der Waals surface area contributed by atoms with E-state index in [1.54, 1.807) is 19.2 Å². The maximum Gasteiger partial charge on any atom is 0.337 e. The Balaban J connectivity index is 1.65. The van der Waals surface area contributed by atoms with Crippen molar-refractivity contribution >= 4 is 17.6 Å². The lowest BCUT2D eigenvalue weighted by molar-refractivity contribution is -0.297. The van der Waals surface area contributed by atoms with E-state index in [4.69, 9.17) is 29.4 Å². The zero-order valence-electron chi connectivity index (χ0n) is 21.3. The molecule has 0 aliphatic carbocycles. The average molecular weight is 502 g/mol. The maximum absolute atomic E-state index is 12.8. The molecule has 1 aromatic rings. The number of amides is 1. The number of nitrogens with one attached hydrogen (secondary N) is 1. The second-order valence-corrected chi connectivity index (χ2v) is 9.89. The molecule has 4 aliphatic rings. The van der Waals surface area contributed by atoms with Crippen molar-refractivity contribution in [3.05, 3.63) is 35.1 Å². The number of rotatable bonds is 6. The third-order valence-electron chi connectivity index (χ3n) is 8.49. The smallest absolute Gasteiger partial charge is 0.337 e. The molecule has 4 aliphatic heterocycles. The molecule has 0 unspecified atom stereocenters. The highest BCUT2D eigenvalue weighted by Gasteiger charge is 2.71. The summed E-state index contributed by atoms with van der Waals surface area (Å²) in [6, 6.07) is 3.28. The van der Waals surface area contributed by atoms with Gasteiger partial charge in [-0.25, -0.2) is 4.79 Å². The van der Waals surface area contributed by atoms with Crippen molar-refractivity contribution in [2.45, 2.75) is 43.6 Å². The van der Waals surface area contributed by atoms with Gasteiger partial charge < -0.3 is 34.7 Å². The van der Waals surface area contributed by atoms with Gasteiger partial charge in [0, 0.05) is 13.1 Å². The summed E-state index contributed by atoms with van der Waals surface area (Å²) >= 11 is 0. The van der Waals surface area contributed by atoms with Gasteiger partial charge in [-0.1, -0.05) is 13.3 Å². The number of piperidine rings is 2. The third kappa shape index (κ3) is 3.34. The van der Waals surface area contributed by atoms with E-state index in [1.807, 2.05) is 0 Å². The van der Waals surface area contributed by atoms with Crippen molar-refractivity contribution in [1.29, 1.82) is 0 Å². The zero-order chi connectivity index (χ0) is 25.7. The van der Waals surface area contributed by atoms with Crippen LogP contribution in [0.4, 0.5) is 5.69 Å². The quantitative estimate of drug-likeness (QED) is 0.342. The third-order valence-corrected chi connectivity index (χ3v) is 8.49. The van der Waals surface area contributed by atoms with Crippen LogP contribution in [-0.2, 0) is 29.3 Å². The number of hydrogen-bond acceptors (Lipinski definition) is 9. The Morgan fingerprint density at radius 2 is 2.03 bits per heavy atom. The van der Waals surface area contributed by atoms with Gasteiger partial charge in [-0.2, -0.15) is 0 Å². The number of carbonyl (C=O) groups is 2. The van der Waals surface area contributed by atoms with Crippen molar-refractivity contribution in [2.24, 2.45) is 17.6 Å². The first-order valence-corrected chi connectivity index (χ1v) is 12.5. The van der Waals surface area contributed by atoms with E-state index in [-0.39, 0.29) is 17.9 Å². The summed E-state index contributed by atoms with van der Waals surface area (Å²) in [5.41, 5.74) is 6.17. The normalized spacial score (nSPS) is 33.3. The minimum atomic E-state index is -0.990. The van der Waals surface area contributed by atoms with E-state index in [1.165, 1.54) is 20.5 Å². The number of nitrogens with two attached hydrogens (primary N) is 1. The van der Waals surface area contributed by atoms with Crippen LogP contribution in [0.2, 0.25) is 0 Å². The number of anilines is 1. The highest BCUT2D eigenvalue weighted by Crippen LogP contribution is 2.62. The highest BCUT2D eigenvalue weighted by atomic mass is 16.6. The van der Waals surface area contributed by atoms with Gasteiger partial charge in [-0.15, -0.1) is 0 Å². The number of esters is 1. The summed E-state index contributed by atoms with van der Waals surface area (Å²) in [5.74, 6) is -0.187. The van der Waals surface area contributed by atoms with Gasteiger partial charge in [0.25, 0.3) is 5.91 Å². The van der Waals surface area contributed by atoms with Crippen LogP contribution in [-0.4, -0.2) is 76.2 Å². The van der Waals surface area contributed by atoms with Crippen LogP contribution in [0.15, 0.2) is 24.0 Å². The summed E-state index contributed by atoms with van der Waals surface area (Å²) in [7, 11) is 4.53. The van der Waals surface area contributed by atoms with Crippen LogP contribution in [0, 0.1) is 11.8 Å². The number of methoxy groups -OCH3 is 3. The molecular weight excluding hydrogens is 466 g/mol. The van der Waals surface area contributed by atoms with Gasteiger partial charge in [0.15, 0.2) is 5.72 Å². The summed E-state index contributed by atoms with van der Waals surface area (Å²) in [6.45, 7) is 4.49. The standard InChI is InChI=1S/C26H35N3O7/c1-5-15-13-29-9-8-25-21-19(33-3)7-6-16(23(27)30)22(21)28-26(25,36-11-10-35-25)20(29)12-17(15)18(14-32-2)24(31)34-4/h6-7,14-15,17,20,28H,5,8-13H2,1-4H3,(H2,27,30)/b18-14+/t15-,17+,20+,25+,26+/m1/s1. The van der Waals surface area contributed by atoms with Crippen LogP contribution in [0.25, 0.3) is 0 Å². The topological polar surface area (TPSA) is 122 Å². The molecule has 0 saturated carbocycles. The molecule has 10 heteroatoms. The second kappa shape index (κ2) is 9.24. The molecule has 3 saturated heterocycles. The molecule has 0 aromatic heterocycles. The van der Waals surface area contributed by atoms with E-state index in [0.717, 1.165) is 25.1 Å². The minimum absolute atomic E-state index is 0.109. The van der Waals surface area contributed by atoms with E-state index < -0.39 is 23.2 Å². The molecule has 4 heterocycles. The number of hydrogen-bond donors (Lipinski definition) is 2. The van der Waals surface area contributed by atoms with E-state index >= 15 is 0 Å². The molecule has 5 rings (SSSR count). The molecule has 5 atom stereocenters. The van der Waals surface area contributed by atoms with Gasteiger partial charge in [0.05, 0.1) is 69.2 Å². The molecule has 10 nitrogen and oxygen atoms in total. The number of benzene rings is 1. The molecule has 36 heavy (non-hydrogen) atoms. The van der Waals surface area contributed by atoms with Crippen LogP contribution in [0.1, 0.15) is 42.1 Å². The monoisotopic (exact) mass is 501 g/mol. The zero-order valence-corrected chi connectivity index (χ0v) is 21.3. The van der Waals surface area contributed by atoms with Gasteiger partial charge in [-0.3, -0.25) is 9.69 Å². The predicted octanol–water partition coefficient (Wildman–Crippen LogP) is 1.98. The number of fused-ring (bicyclic) bond motifs is 2. The summed E-state index contributed by atoms with van der Waals surface area (Å²) < 4.78 is 29.5. The van der Waals surface area contributed by atoms with Crippen molar-refractivity contribution in [2.75, 3.05) is 52.9 Å². The lowest BCUT2D eigenvalue weighted by Crippen LogP contribution is -2.75. The first-order valence-electron chi connectivity index (χ1n) is 12.5. The highest BCUT2D eigenvalue weighted by molar-refractivity contribution is 6.01. The van der Waals surface area contributed by atoms with E-state index in [0.29, 0.717) is 48.6 Å². The molecule has 0 radical (unpaired) electrons. The Morgan fingerprint density at radius 1 is 1.25 bits per heavy atom. The van der Waals surface area contributed by atoms with Crippen molar-refractivity contribution in [3.63, 3.8) is 0 Å². The Labute approximate surface area is 211 Å². The molecule has 1 aromatic carbocycles. The Morgan fingerprint density at radius 3 is 2.69 bits per heavy atom. The molecule has 3 N–H and O–H groups in total. The first kappa shape index (κ1) is 24.9. The summed E-state index contributed by atoms with van der Waals surface area (Å²) in [6.07, 6.45) is 3.67. The molecule has 0 spiro atoms. The molecule has 1 amide bonds. The lowest BCUT2D eigenvalue weighted by Gasteiger charge is -2.61. The second-order valence-electron chi connectivity index (χ2n) is 9.89. The van der Waals surface area contributed by atoms with Crippen LogP contribution < -0.4 is 15.8 Å². The lowest BCUT2D eigenvalue weighted by atomic mass is 9.67. The fraction of sp³-hybridized carbons (Fsp3) is 0.615. The van der Waals surface area contributed by atoms with Crippen LogP contribution in [0.5, 0.6) is 5.75 Å². The Hall–Kier alpha value is -2.82. The van der Waals surface area contributed by atoms with Gasteiger partial charge in [-0.05, 0) is 36.8 Å². The number of ether oxygens (including phenoxy) is 5. The fourth-order valence-electron chi connectivity index (χ4n) is 6.98. The molecule has 196 valence electrons. The maximum atomic E-state index is 12.8. The largest absolute Gasteiger partial charge is 0.504 e. The summed E-state index contributed by atoms with van der Waals surface area (Å²) in [4.78, 5) is 27.6. The number of carbonyl (C=O) groups excluding carboxylic acids is 2. The molecular formula is C26H35N3O7. The SMILES string of the molecule is CC[C@@H]1CN2CC[C@@]34OCCO[C@@]3(Nc3c(C(N)=O)ccc(OC)c34)[C@@H]2C[C@@H]1/C(=C\OC)C(=O)OC. The van der Waals surface area contributed by atoms with Gasteiger partial charge in [0.1, 0.15) is 11.4 Å². The average Bonchev–Trinajstić information content (AvgIpc) is 3.22.